The lowest BCUT2D eigenvalue weighted by Gasteiger charge is -2.10. The van der Waals surface area contributed by atoms with Crippen LogP contribution < -0.4 is 10.6 Å². The fourth-order valence-electron chi connectivity index (χ4n) is 2.16. The molecule has 10 heteroatoms. The van der Waals surface area contributed by atoms with Crippen molar-refractivity contribution in [1.29, 1.82) is 0 Å². The third-order valence-corrected chi connectivity index (χ3v) is 3.34. The Morgan fingerprint density at radius 1 is 1.36 bits per heavy atom. The van der Waals surface area contributed by atoms with E-state index >= 15 is 0 Å². The summed E-state index contributed by atoms with van der Waals surface area (Å²) in [7, 11) is 1.73. The summed E-state index contributed by atoms with van der Waals surface area (Å²) in [6, 6.07) is 5.54. The number of nitrogens with zero attached hydrogens (tertiary/aromatic N) is 5. The van der Waals surface area contributed by atoms with Gasteiger partial charge in [-0.05, 0) is 24.6 Å². The molecule has 3 heterocycles. The molecule has 25 heavy (non-hydrogen) atoms. The molecule has 3 aromatic heterocycles. The topological polar surface area (TPSA) is 109 Å². The number of furan rings is 1. The molecule has 0 bridgehead atoms. The summed E-state index contributed by atoms with van der Waals surface area (Å²) >= 11 is 0. The van der Waals surface area contributed by atoms with Gasteiger partial charge in [0.15, 0.2) is 11.7 Å². The second kappa shape index (κ2) is 9.81. The van der Waals surface area contributed by atoms with Crippen molar-refractivity contribution < 1.29 is 4.42 Å². The van der Waals surface area contributed by atoms with E-state index in [0.29, 0.717) is 29.9 Å². The number of hydrogen-bond acceptors (Lipinski definition) is 5. The van der Waals surface area contributed by atoms with Crippen LogP contribution >= 0.6 is 24.0 Å². The minimum Gasteiger partial charge on any atom is -0.461 e. The Kier molecular flexibility index (Phi) is 7.44. The summed E-state index contributed by atoms with van der Waals surface area (Å²) < 4.78 is 7.17. The van der Waals surface area contributed by atoms with Gasteiger partial charge in [-0.15, -0.1) is 29.1 Å². The first-order valence-corrected chi connectivity index (χ1v) is 7.72. The molecular formula is C15H21IN8O. The van der Waals surface area contributed by atoms with E-state index in [2.05, 4.69) is 35.9 Å². The minimum absolute atomic E-state index is 0. The van der Waals surface area contributed by atoms with E-state index in [1.807, 2.05) is 23.0 Å². The molecule has 3 rings (SSSR count). The number of rotatable bonds is 7. The van der Waals surface area contributed by atoms with Crippen LogP contribution in [0.15, 0.2) is 46.3 Å². The normalized spacial score (nSPS) is 11.2. The van der Waals surface area contributed by atoms with Crippen LogP contribution in [0.3, 0.4) is 0 Å². The van der Waals surface area contributed by atoms with Crippen LogP contribution in [0.2, 0.25) is 0 Å². The Balaban J connectivity index is 0.00000225. The number of nitrogens with one attached hydrogen (secondary N) is 3. The van der Waals surface area contributed by atoms with Gasteiger partial charge in [0.25, 0.3) is 0 Å². The third-order valence-electron chi connectivity index (χ3n) is 3.34. The van der Waals surface area contributed by atoms with Crippen molar-refractivity contribution >= 4 is 29.9 Å². The van der Waals surface area contributed by atoms with Crippen LogP contribution in [0.4, 0.5) is 0 Å². The highest BCUT2D eigenvalue weighted by molar-refractivity contribution is 14.0. The summed E-state index contributed by atoms with van der Waals surface area (Å²) in [6.45, 7) is 2.16. The van der Waals surface area contributed by atoms with Gasteiger partial charge in [0, 0.05) is 32.5 Å². The van der Waals surface area contributed by atoms with Gasteiger partial charge in [-0.2, -0.15) is 5.10 Å². The molecular weight excluding hydrogens is 435 g/mol. The number of H-pyrrole nitrogens is 1. The molecule has 3 N–H and O–H groups in total. The van der Waals surface area contributed by atoms with Gasteiger partial charge in [0.1, 0.15) is 5.82 Å². The number of halogens is 1. The van der Waals surface area contributed by atoms with E-state index in [0.717, 1.165) is 19.5 Å². The maximum absolute atomic E-state index is 5.27. The zero-order valence-corrected chi connectivity index (χ0v) is 16.2. The maximum Gasteiger partial charge on any atom is 0.216 e. The van der Waals surface area contributed by atoms with E-state index in [1.165, 1.54) is 0 Å². The van der Waals surface area contributed by atoms with Gasteiger partial charge in [-0.3, -0.25) is 14.8 Å². The van der Waals surface area contributed by atoms with Gasteiger partial charge in [0.2, 0.25) is 5.82 Å². The van der Waals surface area contributed by atoms with Gasteiger partial charge >= 0.3 is 0 Å². The second-order valence-electron chi connectivity index (χ2n) is 5.06. The number of aryl methyl sites for hydroxylation is 1. The molecule has 134 valence electrons. The standard InChI is InChI=1S/C15H20N8O.HI/c1-16-15(17-6-3-8-23-9-4-7-19-23)18-11-13-20-14(22-21-13)12-5-2-10-24-12;/h2,4-5,7,9-10H,3,6,8,11H2,1H3,(H2,16,17,18)(H,20,21,22);1H. The monoisotopic (exact) mass is 456 g/mol. The Morgan fingerprint density at radius 2 is 2.28 bits per heavy atom. The lowest BCUT2D eigenvalue weighted by atomic mass is 10.4. The second-order valence-corrected chi connectivity index (χ2v) is 5.06. The Bertz CT molecular complexity index is 750. The summed E-state index contributed by atoms with van der Waals surface area (Å²) in [6.07, 6.45) is 6.28. The molecule has 0 spiro atoms. The first kappa shape index (κ1) is 19.0. The van der Waals surface area contributed by atoms with Crippen LogP contribution in [0.5, 0.6) is 0 Å². The smallest absolute Gasteiger partial charge is 0.216 e. The number of aromatic amines is 1. The Labute approximate surface area is 162 Å². The first-order chi connectivity index (χ1) is 11.8. The molecule has 0 aliphatic rings. The number of aliphatic imine (C=N–C) groups is 1. The maximum atomic E-state index is 5.27. The lowest BCUT2D eigenvalue weighted by Crippen LogP contribution is -2.37. The van der Waals surface area contributed by atoms with Gasteiger partial charge < -0.3 is 15.1 Å². The molecule has 0 radical (unpaired) electrons. The van der Waals surface area contributed by atoms with Crippen LogP contribution in [-0.4, -0.2) is 44.5 Å². The van der Waals surface area contributed by atoms with E-state index < -0.39 is 0 Å². The quantitative estimate of drug-likeness (QED) is 0.216. The lowest BCUT2D eigenvalue weighted by molar-refractivity contribution is 0.570. The number of aromatic nitrogens is 5. The van der Waals surface area contributed by atoms with Crippen molar-refractivity contribution in [3.8, 4) is 11.6 Å². The Hall–Kier alpha value is -2.37. The van der Waals surface area contributed by atoms with Crippen molar-refractivity contribution in [2.45, 2.75) is 19.5 Å². The Morgan fingerprint density at radius 3 is 3.00 bits per heavy atom. The highest BCUT2D eigenvalue weighted by Crippen LogP contribution is 2.14. The molecule has 0 aliphatic carbocycles. The molecule has 0 saturated heterocycles. The van der Waals surface area contributed by atoms with Crippen LogP contribution in [-0.2, 0) is 13.1 Å². The molecule has 3 aromatic rings. The largest absolute Gasteiger partial charge is 0.461 e. The predicted molar refractivity (Wildman–Crippen MR) is 105 cm³/mol. The molecule has 0 aromatic carbocycles. The molecule has 0 unspecified atom stereocenters. The highest BCUT2D eigenvalue weighted by Gasteiger charge is 2.08. The van der Waals surface area contributed by atoms with E-state index in [1.54, 1.807) is 25.6 Å². The van der Waals surface area contributed by atoms with Gasteiger partial charge in [0.05, 0.1) is 12.8 Å². The van der Waals surface area contributed by atoms with Crippen LogP contribution in [0, 0.1) is 0 Å². The summed E-state index contributed by atoms with van der Waals surface area (Å²) in [4.78, 5) is 8.56. The van der Waals surface area contributed by atoms with E-state index in [4.69, 9.17) is 4.42 Å². The van der Waals surface area contributed by atoms with Crippen molar-refractivity contribution in [2.24, 2.45) is 4.99 Å². The van der Waals surface area contributed by atoms with Crippen LogP contribution in [0.25, 0.3) is 11.6 Å². The molecule has 0 aliphatic heterocycles. The van der Waals surface area contributed by atoms with Crippen molar-refractivity contribution in [3.05, 3.63) is 42.7 Å². The predicted octanol–water partition coefficient (Wildman–Crippen LogP) is 1.63. The summed E-state index contributed by atoms with van der Waals surface area (Å²) in [5, 5.41) is 17.6. The fraction of sp³-hybridized carbons (Fsp3) is 0.333. The molecule has 0 saturated carbocycles. The van der Waals surface area contributed by atoms with Gasteiger partial charge in [-0.1, -0.05) is 0 Å². The number of guanidine groups is 1. The number of hydrogen-bond donors (Lipinski definition) is 3. The average Bonchev–Trinajstić information content (AvgIpc) is 3.35. The summed E-state index contributed by atoms with van der Waals surface area (Å²) in [5.41, 5.74) is 0. The molecule has 0 atom stereocenters. The first-order valence-electron chi connectivity index (χ1n) is 7.72. The van der Waals surface area contributed by atoms with E-state index in [-0.39, 0.29) is 24.0 Å². The fourth-order valence-corrected chi connectivity index (χ4v) is 2.16. The summed E-state index contributed by atoms with van der Waals surface area (Å²) in [5.74, 6) is 2.60. The van der Waals surface area contributed by atoms with Crippen molar-refractivity contribution in [1.82, 2.24) is 35.6 Å². The highest BCUT2D eigenvalue weighted by atomic mass is 127. The van der Waals surface area contributed by atoms with Gasteiger partial charge in [-0.25, -0.2) is 4.98 Å². The average molecular weight is 456 g/mol. The zero-order chi connectivity index (χ0) is 16.6. The molecule has 9 nitrogen and oxygen atoms in total. The molecule has 0 amide bonds. The van der Waals surface area contributed by atoms with Crippen LogP contribution in [0.1, 0.15) is 12.2 Å². The SMILES string of the molecule is CN=C(NCCCn1cccn1)NCc1nc(-c2ccco2)n[nH]1.I. The third kappa shape index (κ3) is 5.59. The van der Waals surface area contributed by atoms with E-state index in [9.17, 15) is 0 Å². The van der Waals surface area contributed by atoms with Crippen molar-refractivity contribution in [2.75, 3.05) is 13.6 Å². The zero-order valence-electron chi connectivity index (χ0n) is 13.8. The van der Waals surface area contributed by atoms with Crippen molar-refractivity contribution in [3.63, 3.8) is 0 Å². The minimum atomic E-state index is 0. The molecule has 0 fully saturated rings.